The molecule has 0 bridgehead atoms. The fourth-order valence-corrected chi connectivity index (χ4v) is 3.54. The van der Waals surface area contributed by atoms with Gasteiger partial charge in [0.15, 0.2) is 0 Å². The third-order valence-corrected chi connectivity index (χ3v) is 5.08. The van der Waals surface area contributed by atoms with E-state index in [1.54, 1.807) is 31.2 Å². The summed E-state index contributed by atoms with van der Waals surface area (Å²) in [6.07, 6.45) is 2.25. The summed E-state index contributed by atoms with van der Waals surface area (Å²) in [5.41, 5.74) is 0.975. The van der Waals surface area contributed by atoms with Gasteiger partial charge in [-0.3, -0.25) is 0 Å². The van der Waals surface area contributed by atoms with Gasteiger partial charge in [0.1, 0.15) is 0 Å². The summed E-state index contributed by atoms with van der Waals surface area (Å²) < 4.78 is 26.7. The van der Waals surface area contributed by atoms with Crippen molar-refractivity contribution < 1.29 is 13.5 Å². The van der Waals surface area contributed by atoms with E-state index in [-0.39, 0.29) is 12.0 Å². The van der Waals surface area contributed by atoms with Gasteiger partial charge in [0, 0.05) is 12.0 Å². The fraction of sp³-hybridized carbons (Fsp3) is 0.571. The summed E-state index contributed by atoms with van der Waals surface area (Å²) in [6, 6.07) is 6.94. The molecule has 0 amide bonds. The van der Waals surface area contributed by atoms with Crippen molar-refractivity contribution in [2.45, 2.75) is 56.1 Å². The van der Waals surface area contributed by atoms with Crippen molar-refractivity contribution in [1.29, 1.82) is 0 Å². The number of aliphatic hydroxyl groups excluding tert-OH is 1. The molecule has 2 N–H and O–H groups in total. The molecule has 0 saturated heterocycles. The lowest BCUT2D eigenvalue weighted by Crippen LogP contribution is -2.25. The average molecular weight is 283 g/mol. The van der Waals surface area contributed by atoms with Crippen molar-refractivity contribution in [1.82, 2.24) is 4.72 Å². The number of nitrogens with one attached hydrogen (secondary N) is 1. The van der Waals surface area contributed by atoms with Crippen LogP contribution in [0.2, 0.25) is 0 Å². The predicted octanol–water partition coefficient (Wildman–Crippen LogP) is 2.00. The molecule has 2 rings (SSSR count). The molecule has 2 atom stereocenters. The van der Waals surface area contributed by atoms with Gasteiger partial charge < -0.3 is 5.11 Å². The SMILES string of the molecule is CCC(c1ccc(S(=O)(=O)NC2CC2)cc1)C(C)O. The molecule has 0 radical (unpaired) electrons. The summed E-state index contributed by atoms with van der Waals surface area (Å²) in [5, 5.41) is 9.69. The first kappa shape index (κ1) is 14.5. The predicted molar refractivity (Wildman–Crippen MR) is 74.5 cm³/mol. The minimum atomic E-state index is -3.38. The first-order valence-electron chi connectivity index (χ1n) is 6.74. The molecule has 1 aromatic carbocycles. The first-order valence-corrected chi connectivity index (χ1v) is 8.22. The van der Waals surface area contributed by atoms with E-state index < -0.39 is 16.1 Å². The highest BCUT2D eigenvalue weighted by atomic mass is 32.2. The van der Waals surface area contributed by atoms with Crippen molar-refractivity contribution in [3.8, 4) is 0 Å². The zero-order valence-corrected chi connectivity index (χ0v) is 12.2. The van der Waals surface area contributed by atoms with E-state index in [0.717, 1.165) is 24.8 Å². The third kappa shape index (κ3) is 3.55. The Kier molecular flexibility index (Phi) is 4.28. The van der Waals surface area contributed by atoms with E-state index in [2.05, 4.69) is 4.72 Å². The second-order valence-corrected chi connectivity index (χ2v) is 6.93. The molecule has 0 aliphatic heterocycles. The molecule has 1 fully saturated rings. The summed E-state index contributed by atoms with van der Waals surface area (Å²) in [5.74, 6) is 0.0492. The van der Waals surface area contributed by atoms with Crippen LogP contribution in [0.25, 0.3) is 0 Å². The van der Waals surface area contributed by atoms with Crippen molar-refractivity contribution in [2.24, 2.45) is 0 Å². The van der Waals surface area contributed by atoms with Gasteiger partial charge in [0.2, 0.25) is 10.0 Å². The Morgan fingerprint density at radius 3 is 2.32 bits per heavy atom. The second-order valence-electron chi connectivity index (χ2n) is 5.22. The number of hydrogen-bond acceptors (Lipinski definition) is 3. The normalized spacial score (nSPS) is 19.1. The van der Waals surface area contributed by atoms with E-state index in [0.29, 0.717) is 4.90 Å². The summed E-state index contributed by atoms with van der Waals surface area (Å²) in [4.78, 5) is 0.295. The van der Waals surface area contributed by atoms with Gasteiger partial charge in [0.25, 0.3) is 0 Å². The van der Waals surface area contributed by atoms with Crippen LogP contribution in [0, 0.1) is 0 Å². The van der Waals surface area contributed by atoms with Crippen LogP contribution >= 0.6 is 0 Å². The van der Waals surface area contributed by atoms with Gasteiger partial charge in [-0.25, -0.2) is 13.1 Å². The first-order chi connectivity index (χ1) is 8.94. The van der Waals surface area contributed by atoms with Crippen LogP contribution in [0.4, 0.5) is 0 Å². The molecule has 2 unspecified atom stereocenters. The summed E-state index contributed by atoms with van der Waals surface area (Å²) in [7, 11) is -3.38. The quantitative estimate of drug-likeness (QED) is 0.839. The summed E-state index contributed by atoms with van der Waals surface area (Å²) >= 11 is 0. The number of aliphatic hydroxyl groups is 1. The van der Waals surface area contributed by atoms with E-state index in [1.807, 2.05) is 6.92 Å². The van der Waals surface area contributed by atoms with Crippen LogP contribution < -0.4 is 4.72 Å². The highest BCUT2D eigenvalue weighted by molar-refractivity contribution is 7.89. The Labute approximate surface area is 114 Å². The zero-order valence-electron chi connectivity index (χ0n) is 11.3. The van der Waals surface area contributed by atoms with Crippen LogP contribution in [-0.4, -0.2) is 25.7 Å². The molecule has 0 heterocycles. The van der Waals surface area contributed by atoms with Crippen LogP contribution in [0.1, 0.15) is 44.6 Å². The smallest absolute Gasteiger partial charge is 0.240 e. The maximum absolute atomic E-state index is 12.0. The van der Waals surface area contributed by atoms with Crippen LogP contribution in [0.3, 0.4) is 0 Å². The van der Waals surface area contributed by atoms with E-state index in [9.17, 15) is 13.5 Å². The number of benzene rings is 1. The molecule has 1 aromatic rings. The van der Waals surface area contributed by atoms with Gasteiger partial charge in [-0.2, -0.15) is 0 Å². The maximum Gasteiger partial charge on any atom is 0.240 e. The summed E-state index contributed by atoms with van der Waals surface area (Å²) in [6.45, 7) is 3.77. The average Bonchev–Trinajstić information content (AvgIpc) is 3.13. The van der Waals surface area contributed by atoms with E-state index in [4.69, 9.17) is 0 Å². The van der Waals surface area contributed by atoms with Crippen molar-refractivity contribution in [3.05, 3.63) is 29.8 Å². The molecule has 0 spiro atoms. The Balaban J connectivity index is 2.17. The lowest BCUT2D eigenvalue weighted by molar-refractivity contribution is 0.160. The molecule has 5 heteroatoms. The highest BCUT2D eigenvalue weighted by Crippen LogP contribution is 2.26. The van der Waals surface area contributed by atoms with E-state index >= 15 is 0 Å². The van der Waals surface area contributed by atoms with Crippen molar-refractivity contribution in [3.63, 3.8) is 0 Å². The highest BCUT2D eigenvalue weighted by Gasteiger charge is 2.28. The van der Waals surface area contributed by atoms with Gasteiger partial charge in [-0.1, -0.05) is 19.1 Å². The van der Waals surface area contributed by atoms with Crippen LogP contribution in [-0.2, 0) is 10.0 Å². The standard InChI is InChI=1S/C14H21NO3S/c1-3-14(10(2)16)11-4-8-13(9-5-11)19(17,18)15-12-6-7-12/h4-5,8-10,12,14-16H,3,6-7H2,1-2H3. The molecular weight excluding hydrogens is 262 g/mol. The van der Waals surface area contributed by atoms with Crippen molar-refractivity contribution >= 4 is 10.0 Å². The fourth-order valence-electron chi connectivity index (χ4n) is 2.24. The van der Waals surface area contributed by atoms with Crippen molar-refractivity contribution in [2.75, 3.05) is 0 Å². The minimum absolute atomic E-state index is 0.0492. The molecule has 19 heavy (non-hydrogen) atoms. The molecule has 1 saturated carbocycles. The molecule has 1 aliphatic carbocycles. The molecule has 0 aromatic heterocycles. The van der Waals surface area contributed by atoms with Crippen LogP contribution in [0.15, 0.2) is 29.2 Å². The van der Waals surface area contributed by atoms with Gasteiger partial charge in [-0.05, 0) is 43.9 Å². The number of sulfonamides is 1. The molecule has 106 valence electrons. The Bertz CT molecular complexity index is 518. The Morgan fingerprint density at radius 1 is 1.32 bits per heavy atom. The van der Waals surface area contributed by atoms with Gasteiger partial charge in [0.05, 0.1) is 11.0 Å². The molecule has 1 aliphatic rings. The third-order valence-electron chi connectivity index (χ3n) is 3.54. The van der Waals surface area contributed by atoms with Crippen LogP contribution in [0.5, 0.6) is 0 Å². The Morgan fingerprint density at radius 2 is 1.89 bits per heavy atom. The van der Waals surface area contributed by atoms with Gasteiger partial charge in [-0.15, -0.1) is 0 Å². The topological polar surface area (TPSA) is 66.4 Å². The van der Waals surface area contributed by atoms with E-state index in [1.165, 1.54) is 0 Å². The largest absolute Gasteiger partial charge is 0.393 e. The molecule has 4 nitrogen and oxygen atoms in total. The zero-order chi connectivity index (χ0) is 14.0. The Hall–Kier alpha value is -0.910. The number of hydrogen-bond donors (Lipinski definition) is 2. The van der Waals surface area contributed by atoms with Gasteiger partial charge >= 0.3 is 0 Å². The lowest BCUT2D eigenvalue weighted by Gasteiger charge is -2.18. The number of rotatable bonds is 6. The lowest BCUT2D eigenvalue weighted by atomic mass is 9.92. The monoisotopic (exact) mass is 283 g/mol. The maximum atomic E-state index is 12.0. The minimum Gasteiger partial charge on any atom is -0.393 e. The molecular formula is C14H21NO3S. The second kappa shape index (κ2) is 5.61.